The van der Waals surface area contributed by atoms with Gasteiger partial charge in [-0.2, -0.15) is 4.98 Å². The summed E-state index contributed by atoms with van der Waals surface area (Å²) < 4.78 is 5.27. The topological polar surface area (TPSA) is 87.4 Å². The molecule has 0 aliphatic carbocycles. The third-order valence-corrected chi connectivity index (χ3v) is 5.28. The largest absolute Gasteiger partial charge is 0.369 e. The van der Waals surface area contributed by atoms with Crippen molar-refractivity contribution in [3.63, 3.8) is 0 Å². The lowest BCUT2D eigenvalue weighted by molar-refractivity contribution is -0.121. The molecule has 30 heavy (non-hydrogen) atoms. The first-order valence-corrected chi connectivity index (χ1v) is 10.2. The molecule has 0 spiro atoms. The van der Waals surface area contributed by atoms with E-state index in [0.29, 0.717) is 31.1 Å². The molecule has 3 heterocycles. The van der Waals surface area contributed by atoms with Crippen molar-refractivity contribution in [2.24, 2.45) is 0 Å². The predicted molar refractivity (Wildman–Crippen MR) is 114 cm³/mol. The number of carbonyl (C=O) groups is 1. The number of para-hydroxylation sites is 1. The molecule has 1 aliphatic rings. The van der Waals surface area contributed by atoms with Crippen LogP contribution in [0.4, 0.5) is 5.69 Å². The molecule has 0 saturated carbocycles. The Morgan fingerprint density at radius 2 is 1.87 bits per heavy atom. The maximum absolute atomic E-state index is 12.4. The van der Waals surface area contributed by atoms with Crippen LogP contribution in [0.15, 0.2) is 53.3 Å². The van der Waals surface area contributed by atoms with Gasteiger partial charge in [-0.05, 0) is 30.8 Å². The summed E-state index contributed by atoms with van der Waals surface area (Å²) in [6.45, 7) is 4.60. The van der Waals surface area contributed by atoms with Crippen molar-refractivity contribution in [3.8, 4) is 11.4 Å². The van der Waals surface area contributed by atoms with Crippen LogP contribution >= 0.6 is 0 Å². The van der Waals surface area contributed by atoms with Crippen molar-refractivity contribution in [2.45, 2.75) is 19.4 Å². The molecule has 0 bridgehead atoms. The highest BCUT2D eigenvalue weighted by atomic mass is 16.5. The second-order valence-electron chi connectivity index (χ2n) is 7.44. The zero-order valence-corrected chi connectivity index (χ0v) is 17.1. The molecule has 1 N–H and O–H groups in total. The van der Waals surface area contributed by atoms with Gasteiger partial charge in [0.25, 0.3) is 0 Å². The Labute approximate surface area is 175 Å². The number of rotatable bonds is 7. The molecular weight excluding hydrogens is 380 g/mol. The first-order valence-electron chi connectivity index (χ1n) is 10.2. The van der Waals surface area contributed by atoms with Crippen molar-refractivity contribution >= 4 is 11.6 Å². The summed E-state index contributed by atoms with van der Waals surface area (Å²) >= 11 is 0. The van der Waals surface area contributed by atoms with E-state index in [1.165, 1.54) is 5.69 Å². The Kier molecular flexibility index (Phi) is 6.34. The van der Waals surface area contributed by atoms with Crippen molar-refractivity contribution < 1.29 is 9.32 Å². The molecule has 1 aromatic carbocycles. The van der Waals surface area contributed by atoms with Crippen LogP contribution in [0, 0.1) is 0 Å². The highest BCUT2D eigenvalue weighted by Crippen LogP contribution is 2.21. The van der Waals surface area contributed by atoms with Crippen LogP contribution in [-0.4, -0.2) is 59.2 Å². The minimum absolute atomic E-state index is 0.0353. The average molecular weight is 406 g/mol. The number of nitrogens with zero attached hydrogens (tertiary/aromatic N) is 5. The highest BCUT2D eigenvalue weighted by Gasteiger charge is 2.17. The van der Waals surface area contributed by atoms with Crippen LogP contribution in [0.2, 0.25) is 0 Å². The molecule has 8 heteroatoms. The molecule has 0 atom stereocenters. The van der Waals surface area contributed by atoms with Gasteiger partial charge in [-0.1, -0.05) is 23.4 Å². The maximum Gasteiger partial charge on any atom is 0.227 e. The Morgan fingerprint density at radius 3 is 2.67 bits per heavy atom. The zero-order chi connectivity index (χ0) is 20.8. The number of piperazine rings is 1. The molecule has 2 aromatic heterocycles. The van der Waals surface area contributed by atoms with Crippen molar-refractivity contribution in [1.82, 2.24) is 25.3 Å². The Morgan fingerprint density at radius 1 is 1.10 bits per heavy atom. The number of amides is 1. The van der Waals surface area contributed by atoms with Crippen LogP contribution in [0.1, 0.15) is 17.9 Å². The van der Waals surface area contributed by atoms with Gasteiger partial charge in [0, 0.05) is 69.2 Å². The number of benzene rings is 1. The Bertz CT molecular complexity index is 967. The second kappa shape index (κ2) is 9.49. The van der Waals surface area contributed by atoms with Crippen LogP contribution in [0.3, 0.4) is 0 Å². The first-order chi connectivity index (χ1) is 14.7. The third-order valence-electron chi connectivity index (χ3n) is 5.28. The van der Waals surface area contributed by atoms with E-state index in [1.54, 1.807) is 12.4 Å². The normalized spacial score (nSPS) is 14.6. The fraction of sp³-hybridized carbons (Fsp3) is 0.364. The molecule has 3 aromatic rings. The summed E-state index contributed by atoms with van der Waals surface area (Å²) in [4.78, 5) is 25.4. The van der Waals surface area contributed by atoms with Crippen LogP contribution < -0.4 is 10.2 Å². The van der Waals surface area contributed by atoms with Crippen LogP contribution in [-0.2, 0) is 17.8 Å². The summed E-state index contributed by atoms with van der Waals surface area (Å²) in [5, 5.41) is 6.99. The number of anilines is 1. The minimum atomic E-state index is -0.0353. The number of nitrogens with one attached hydrogen (secondary N) is 1. The minimum Gasteiger partial charge on any atom is -0.369 e. The standard InChI is InChI=1S/C22H26N6O2/c1-27-12-14-28(15-13-27)19-5-3-2-4-18(19)16-24-20(29)6-7-21-25-22(26-30-21)17-8-10-23-11-9-17/h2-5,8-11H,6-7,12-16H2,1H3,(H,24,29). The van der Waals surface area contributed by atoms with Gasteiger partial charge in [-0.15, -0.1) is 0 Å². The molecule has 1 fully saturated rings. The van der Waals surface area contributed by atoms with Crippen LogP contribution in [0.25, 0.3) is 11.4 Å². The van der Waals surface area contributed by atoms with Crippen LogP contribution in [0.5, 0.6) is 0 Å². The van der Waals surface area contributed by atoms with Gasteiger partial charge in [0.1, 0.15) is 0 Å². The lowest BCUT2D eigenvalue weighted by Gasteiger charge is -2.35. The number of likely N-dealkylation sites (N-methyl/N-ethyl adjacent to an activating group) is 1. The molecule has 0 radical (unpaired) electrons. The first kappa shape index (κ1) is 20.0. The highest BCUT2D eigenvalue weighted by molar-refractivity contribution is 5.76. The van der Waals surface area contributed by atoms with Gasteiger partial charge in [-0.3, -0.25) is 9.78 Å². The Hall–Kier alpha value is -3.26. The molecule has 8 nitrogen and oxygen atoms in total. The Balaban J connectivity index is 1.29. The van der Waals surface area contributed by atoms with Gasteiger partial charge < -0.3 is 19.6 Å². The smallest absolute Gasteiger partial charge is 0.227 e. The molecule has 0 unspecified atom stereocenters. The number of aromatic nitrogens is 3. The summed E-state index contributed by atoms with van der Waals surface area (Å²) in [6, 6.07) is 11.9. The van der Waals surface area contributed by atoms with Crippen molar-refractivity contribution in [3.05, 3.63) is 60.2 Å². The van der Waals surface area contributed by atoms with E-state index in [9.17, 15) is 4.79 Å². The number of aryl methyl sites for hydroxylation is 1. The zero-order valence-electron chi connectivity index (χ0n) is 17.1. The van der Waals surface area contributed by atoms with Crippen molar-refractivity contribution in [2.75, 3.05) is 38.1 Å². The SMILES string of the molecule is CN1CCN(c2ccccc2CNC(=O)CCc2nc(-c3ccncc3)no2)CC1. The molecular formula is C22H26N6O2. The number of hydrogen-bond acceptors (Lipinski definition) is 7. The number of carbonyl (C=O) groups excluding carboxylic acids is 1. The molecule has 4 rings (SSSR count). The maximum atomic E-state index is 12.4. The van der Waals surface area contributed by atoms with E-state index >= 15 is 0 Å². The monoisotopic (exact) mass is 406 g/mol. The summed E-state index contributed by atoms with van der Waals surface area (Å²) in [7, 11) is 2.15. The molecule has 1 saturated heterocycles. The van der Waals surface area contributed by atoms with E-state index in [4.69, 9.17) is 4.52 Å². The van der Waals surface area contributed by atoms with Gasteiger partial charge in [0.2, 0.25) is 17.6 Å². The second-order valence-corrected chi connectivity index (χ2v) is 7.44. The fourth-order valence-corrected chi connectivity index (χ4v) is 3.49. The predicted octanol–water partition coefficient (Wildman–Crippen LogP) is 2.13. The molecule has 156 valence electrons. The fourth-order valence-electron chi connectivity index (χ4n) is 3.49. The lowest BCUT2D eigenvalue weighted by atomic mass is 10.1. The van der Waals surface area contributed by atoms with E-state index < -0.39 is 0 Å². The molecule has 1 amide bonds. The third kappa shape index (κ3) is 5.01. The quantitative estimate of drug-likeness (QED) is 0.643. The van der Waals surface area contributed by atoms with E-state index in [2.05, 4.69) is 55.5 Å². The number of pyridine rings is 1. The van der Waals surface area contributed by atoms with E-state index in [-0.39, 0.29) is 5.91 Å². The van der Waals surface area contributed by atoms with Gasteiger partial charge in [0.05, 0.1) is 0 Å². The van der Waals surface area contributed by atoms with Gasteiger partial charge >= 0.3 is 0 Å². The number of hydrogen-bond donors (Lipinski definition) is 1. The van der Waals surface area contributed by atoms with Gasteiger partial charge in [0.15, 0.2) is 0 Å². The van der Waals surface area contributed by atoms with Crippen molar-refractivity contribution in [1.29, 1.82) is 0 Å². The summed E-state index contributed by atoms with van der Waals surface area (Å²) in [5.74, 6) is 0.926. The summed E-state index contributed by atoms with van der Waals surface area (Å²) in [6.07, 6.45) is 4.07. The van der Waals surface area contributed by atoms with E-state index in [1.807, 2.05) is 18.2 Å². The van der Waals surface area contributed by atoms with E-state index in [0.717, 1.165) is 37.3 Å². The average Bonchev–Trinajstić information content (AvgIpc) is 3.27. The van der Waals surface area contributed by atoms with Gasteiger partial charge in [-0.25, -0.2) is 0 Å². The lowest BCUT2D eigenvalue weighted by Crippen LogP contribution is -2.45. The summed E-state index contributed by atoms with van der Waals surface area (Å²) in [5.41, 5.74) is 3.17. The molecule has 1 aliphatic heterocycles.